The van der Waals surface area contributed by atoms with Gasteiger partial charge in [0.25, 0.3) is 10.0 Å². The van der Waals surface area contributed by atoms with E-state index in [1.165, 1.54) is 24.3 Å². The summed E-state index contributed by atoms with van der Waals surface area (Å²) < 4.78 is 51.1. The first-order valence-corrected chi connectivity index (χ1v) is 9.90. The summed E-state index contributed by atoms with van der Waals surface area (Å²) in [5, 5.41) is 7.36. The van der Waals surface area contributed by atoms with Gasteiger partial charge >= 0.3 is 0 Å². The van der Waals surface area contributed by atoms with Crippen molar-refractivity contribution in [1.82, 2.24) is 10.2 Å². The van der Waals surface area contributed by atoms with Gasteiger partial charge in [0.2, 0.25) is 0 Å². The van der Waals surface area contributed by atoms with Crippen LogP contribution in [-0.2, 0) is 19.9 Å². The molecule has 7 nitrogen and oxygen atoms in total. The van der Waals surface area contributed by atoms with Crippen LogP contribution in [-0.4, -0.2) is 33.3 Å². The van der Waals surface area contributed by atoms with Crippen molar-refractivity contribution in [3.8, 4) is 0 Å². The number of nitrogens with zero attached hydrogens (tertiary/aromatic N) is 1. The van der Waals surface area contributed by atoms with Gasteiger partial charge in [-0.2, -0.15) is 5.10 Å². The molecule has 3 rings (SSSR count). The molecule has 0 saturated heterocycles. The van der Waals surface area contributed by atoms with Crippen LogP contribution in [0, 0.1) is 0 Å². The lowest BCUT2D eigenvalue weighted by molar-refractivity contribution is 0.588. The third-order valence-corrected chi connectivity index (χ3v) is 5.95. The Morgan fingerprint density at radius 1 is 1.00 bits per heavy atom. The fourth-order valence-electron chi connectivity index (χ4n) is 2.19. The van der Waals surface area contributed by atoms with Crippen LogP contribution in [0.3, 0.4) is 0 Å². The second-order valence-corrected chi connectivity index (χ2v) is 8.63. The van der Waals surface area contributed by atoms with Crippen LogP contribution in [0.15, 0.2) is 58.5 Å². The van der Waals surface area contributed by atoms with Gasteiger partial charge in [-0.15, -0.1) is 0 Å². The van der Waals surface area contributed by atoms with Gasteiger partial charge < -0.3 is 0 Å². The molecule has 0 aliphatic carbocycles. The molecule has 0 atom stereocenters. The highest BCUT2D eigenvalue weighted by molar-refractivity contribution is 7.95. The number of nitrogens with one attached hydrogen (secondary N) is 2. The third-order valence-electron chi connectivity index (χ3n) is 3.23. The zero-order valence-corrected chi connectivity index (χ0v) is 13.6. The van der Waals surface area contributed by atoms with Crippen LogP contribution in [0.2, 0.25) is 0 Å². The maximum absolute atomic E-state index is 12.5. The van der Waals surface area contributed by atoms with Gasteiger partial charge in [0.1, 0.15) is 4.90 Å². The van der Waals surface area contributed by atoms with Gasteiger partial charge in [-0.05, 0) is 30.3 Å². The minimum absolute atomic E-state index is 0.239. The number of aromatic amines is 1. The molecule has 0 radical (unpaired) electrons. The summed E-state index contributed by atoms with van der Waals surface area (Å²) in [6.07, 6.45) is 2.54. The van der Waals surface area contributed by atoms with Crippen molar-refractivity contribution in [2.75, 3.05) is 11.0 Å². The molecule has 1 heterocycles. The van der Waals surface area contributed by atoms with E-state index in [9.17, 15) is 16.8 Å². The molecule has 0 amide bonds. The van der Waals surface area contributed by atoms with Crippen molar-refractivity contribution in [2.45, 2.75) is 9.79 Å². The van der Waals surface area contributed by atoms with Gasteiger partial charge in [-0.3, -0.25) is 9.82 Å². The number of fused-ring (bicyclic) bond motifs is 1. The average molecular weight is 351 g/mol. The Bertz CT molecular complexity index is 1090. The van der Waals surface area contributed by atoms with E-state index in [-0.39, 0.29) is 9.79 Å². The molecule has 0 saturated carbocycles. The lowest BCUT2D eigenvalue weighted by atomic mass is 10.2. The normalized spacial score (nSPS) is 12.4. The highest BCUT2D eigenvalue weighted by atomic mass is 32.2. The molecule has 23 heavy (non-hydrogen) atoms. The monoisotopic (exact) mass is 351 g/mol. The number of H-pyrrole nitrogens is 1. The first kappa shape index (κ1) is 15.5. The zero-order chi connectivity index (χ0) is 16.7. The Kier molecular flexibility index (Phi) is 3.61. The SMILES string of the molecule is CS(=O)(=O)c1ccccc1S(=O)(=O)Nc1ccc2[nH]ncc2c1. The molecule has 2 N–H and O–H groups in total. The predicted octanol–water partition coefficient (Wildman–Crippen LogP) is 1.77. The van der Waals surface area contributed by atoms with Crippen LogP contribution in [0.25, 0.3) is 10.9 Å². The standard InChI is InChI=1S/C14H13N3O4S2/c1-22(18,19)13-4-2-3-5-14(13)23(20,21)17-11-6-7-12-10(8-11)9-15-16-12/h2-9,17H,1H3,(H,15,16). The second-order valence-electron chi connectivity index (χ2n) is 5.00. The summed E-state index contributed by atoms with van der Waals surface area (Å²) in [7, 11) is -7.71. The summed E-state index contributed by atoms with van der Waals surface area (Å²) in [6, 6.07) is 10.3. The smallest absolute Gasteiger partial charge is 0.263 e. The number of hydrogen-bond donors (Lipinski definition) is 2. The summed E-state index contributed by atoms with van der Waals surface area (Å²) in [5.74, 6) is 0. The van der Waals surface area contributed by atoms with Gasteiger partial charge in [0, 0.05) is 17.3 Å². The lowest BCUT2D eigenvalue weighted by Crippen LogP contribution is -2.16. The van der Waals surface area contributed by atoms with E-state index in [1.54, 1.807) is 24.4 Å². The van der Waals surface area contributed by atoms with E-state index >= 15 is 0 Å². The maximum atomic E-state index is 12.5. The molecule has 0 unspecified atom stereocenters. The summed E-state index contributed by atoms with van der Waals surface area (Å²) in [5.41, 5.74) is 1.09. The highest BCUT2D eigenvalue weighted by Gasteiger charge is 2.23. The Morgan fingerprint density at radius 2 is 1.70 bits per heavy atom. The van der Waals surface area contributed by atoms with Crippen LogP contribution in [0.5, 0.6) is 0 Å². The number of hydrogen-bond acceptors (Lipinski definition) is 5. The van der Waals surface area contributed by atoms with Crippen molar-refractivity contribution in [3.63, 3.8) is 0 Å². The molecule has 0 aliphatic heterocycles. The number of sulfone groups is 1. The Balaban J connectivity index is 2.06. The van der Waals surface area contributed by atoms with Crippen LogP contribution < -0.4 is 4.72 Å². The van der Waals surface area contributed by atoms with E-state index in [0.29, 0.717) is 5.69 Å². The van der Waals surface area contributed by atoms with Gasteiger partial charge in [0.05, 0.1) is 16.6 Å². The van der Waals surface area contributed by atoms with E-state index in [2.05, 4.69) is 14.9 Å². The molecule has 0 aliphatic rings. The maximum Gasteiger partial charge on any atom is 0.263 e. The first-order chi connectivity index (χ1) is 10.8. The van der Waals surface area contributed by atoms with E-state index in [1.807, 2.05) is 0 Å². The summed E-state index contributed by atoms with van der Waals surface area (Å²) in [4.78, 5) is -0.522. The quantitative estimate of drug-likeness (QED) is 0.744. The van der Waals surface area contributed by atoms with Crippen LogP contribution in [0.4, 0.5) is 5.69 Å². The van der Waals surface area contributed by atoms with Crippen LogP contribution in [0.1, 0.15) is 0 Å². The van der Waals surface area contributed by atoms with E-state index in [4.69, 9.17) is 0 Å². The van der Waals surface area contributed by atoms with Gasteiger partial charge in [-0.25, -0.2) is 16.8 Å². The van der Waals surface area contributed by atoms with Crippen molar-refractivity contribution < 1.29 is 16.8 Å². The molecule has 9 heteroatoms. The molecular formula is C14H13N3O4S2. The van der Waals surface area contributed by atoms with Gasteiger partial charge in [-0.1, -0.05) is 12.1 Å². The topological polar surface area (TPSA) is 109 Å². The molecule has 1 aromatic heterocycles. The minimum atomic E-state index is -4.04. The first-order valence-electron chi connectivity index (χ1n) is 6.52. The number of aromatic nitrogens is 2. The molecule has 120 valence electrons. The number of sulfonamides is 1. The lowest BCUT2D eigenvalue weighted by Gasteiger charge is -2.11. The molecule has 2 aromatic carbocycles. The largest absolute Gasteiger partial charge is 0.280 e. The van der Waals surface area contributed by atoms with E-state index in [0.717, 1.165) is 17.2 Å². The number of benzene rings is 2. The number of anilines is 1. The van der Waals surface area contributed by atoms with E-state index < -0.39 is 19.9 Å². The molecule has 3 aromatic rings. The fraction of sp³-hybridized carbons (Fsp3) is 0.0714. The Labute approximate surface area is 133 Å². The Hall–Kier alpha value is -2.39. The summed E-state index contributed by atoms with van der Waals surface area (Å²) >= 11 is 0. The van der Waals surface area contributed by atoms with Crippen molar-refractivity contribution in [3.05, 3.63) is 48.7 Å². The fourth-order valence-corrected chi connectivity index (χ4v) is 4.88. The molecule has 0 bridgehead atoms. The molecule has 0 spiro atoms. The molecule has 0 fully saturated rings. The third kappa shape index (κ3) is 3.06. The number of rotatable bonds is 4. The van der Waals surface area contributed by atoms with Crippen molar-refractivity contribution >= 4 is 36.5 Å². The van der Waals surface area contributed by atoms with Crippen molar-refractivity contribution in [1.29, 1.82) is 0 Å². The highest BCUT2D eigenvalue weighted by Crippen LogP contribution is 2.24. The second kappa shape index (κ2) is 5.36. The predicted molar refractivity (Wildman–Crippen MR) is 86.5 cm³/mol. The molecular weight excluding hydrogens is 338 g/mol. The summed E-state index contributed by atoms with van der Waals surface area (Å²) in [6.45, 7) is 0. The van der Waals surface area contributed by atoms with Crippen molar-refractivity contribution in [2.24, 2.45) is 0 Å². The van der Waals surface area contributed by atoms with Crippen LogP contribution >= 0.6 is 0 Å². The Morgan fingerprint density at radius 3 is 2.39 bits per heavy atom. The zero-order valence-electron chi connectivity index (χ0n) is 12.0. The van der Waals surface area contributed by atoms with Gasteiger partial charge in [0.15, 0.2) is 9.84 Å². The average Bonchev–Trinajstić information content (AvgIpc) is 2.93. The minimum Gasteiger partial charge on any atom is -0.280 e.